The van der Waals surface area contributed by atoms with Gasteiger partial charge in [0.25, 0.3) is 0 Å². The highest BCUT2D eigenvalue weighted by Gasteiger charge is 2.38. The Bertz CT molecular complexity index is 982. The van der Waals surface area contributed by atoms with Crippen LogP contribution in [0.25, 0.3) is 0 Å². The molecule has 0 aliphatic heterocycles. The summed E-state index contributed by atoms with van der Waals surface area (Å²) in [5.41, 5.74) is 0.573. The van der Waals surface area contributed by atoms with Crippen LogP contribution in [0, 0.1) is 12.8 Å². The number of aromatic hydroxyl groups is 1. The van der Waals surface area contributed by atoms with Crippen LogP contribution in [0.1, 0.15) is 129 Å². The number of rotatable bonds is 14. The lowest BCUT2D eigenvalue weighted by molar-refractivity contribution is -0.143. The third kappa shape index (κ3) is 11.6. The number of nitrogens with one attached hydrogen (secondary N) is 2. The summed E-state index contributed by atoms with van der Waals surface area (Å²) in [6.07, 6.45) is 10.7. The second kappa shape index (κ2) is 16.6. The van der Waals surface area contributed by atoms with E-state index in [0.717, 1.165) is 57.8 Å². The van der Waals surface area contributed by atoms with Gasteiger partial charge in [0.05, 0.1) is 0 Å². The maximum Gasteiger partial charge on any atom is 0.408 e. The first-order valence-corrected chi connectivity index (χ1v) is 15.7. The first-order valence-electron chi connectivity index (χ1n) is 15.7. The monoisotopic (exact) mass is 573 g/mol. The molecule has 3 N–H and O–H groups in total. The van der Waals surface area contributed by atoms with Gasteiger partial charge in [-0.05, 0) is 76.1 Å². The lowest BCUT2D eigenvalue weighted by Gasteiger charge is -2.37. The predicted octanol–water partition coefficient (Wildman–Crippen LogP) is 6.93. The van der Waals surface area contributed by atoms with Crippen LogP contribution in [0.15, 0.2) is 18.2 Å². The van der Waals surface area contributed by atoms with Crippen molar-refractivity contribution in [3.63, 3.8) is 0 Å². The Balaban J connectivity index is 2.45. The van der Waals surface area contributed by atoms with Gasteiger partial charge >= 0.3 is 6.09 Å². The molecule has 0 saturated heterocycles. The van der Waals surface area contributed by atoms with Crippen molar-refractivity contribution in [3.8, 4) is 5.75 Å². The number of amides is 3. The molecule has 2 unspecified atom stereocenters. The van der Waals surface area contributed by atoms with Gasteiger partial charge in [-0.15, -0.1) is 0 Å². The summed E-state index contributed by atoms with van der Waals surface area (Å²) >= 11 is 0. The number of nitrogens with zero attached hydrogens (tertiary/aromatic N) is 1. The minimum absolute atomic E-state index is 0.0729. The zero-order valence-corrected chi connectivity index (χ0v) is 26.6. The van der Waals surface area contributed by atoms with Crippen molar-refractivity contribution >= 4 is 17.9 Å². The molecule has 0 heterocycles. The Morgan fingerprint density at radius 2 is 1.66 bits per heavy atom. The molecule has 0 bridgehead atoms. The van der Waals surface area contributed by atoms with Gasteiger partial charge in [0.15, 0.2) is 0 Å². The number of benzene rings is 1. The van der Waals surface area contributed by atoms with Crippen LogP contribution < -0.4 is 10.6 Å². The number of ether oxygens (including phenoxy) is 1. The Morgan fingerprint density at radius 3 is 2.24 bits per heavy atom. The standard InChI is InChI=1S/C33H55N3O5/c1-8-9-10-11-12-16-21-36(31(39)28(23(2)3)35-32(40)41-33(5,6)7)29(25-19-20-27(37)24(4)22-25)30(38)34-26-17-14-13-15-18-26/h19-20,22-23,26,28-29,37H,8-18,21H2,1-7H3,(H,34,38)(H,35,40). The quantitative estimate of drug-likeness (QED) is 0.209. The van der Waals surface area contributed by atoms with Gasteiger partial charge < -0.3 is 25.4 Å². The minimum Gasteiger partial charge on any atom is -0.508 e. The molecule has 1 aromatic rings. The summed E-state index contributed by atoms with van der Waals surface area (Å²) in [7, 11) is 0. The number of hydrogen-bond donors (Lipinski definition) is 3. The normalized spacial score (nSPS) is 15.7. The van der Waals surface area contributed by atoms with Crippen molar-refractivity contribution in [2.45, 2.75) is 143 Å². The number of carbonyl (C=O) groups excluding carboxylic acids is 3. The number of phenolic OH excluding ortho intramolecular Hbond substituents is 1. The molecule has 41 heavy (non-hydrogen) atoms. The lowest BCUT2D eigenvalue weighted by Crippen LogP contribution is -2.55. The fraction of sp³-hybridized carbons (Fsp3) is 0.727. The van der Waals surface area contributed by atoms with E-state index in [4.69, 9.17) is 4.74 Å². The molecule has 1 aliphatic carbocycles. The molecule has 1 saturated carbocycles. The number of carbonyl (C=O) groups is 3. The molecule has 1 aromatic carbocycles. The highest BCUT2D eigenvalue weighted by Crippen LogP contribution is 2.29. The van der Waals surface area contributed by atoms with Crippen molar-refractivity contribution in [3.05, 3.63) is 29.3 Å². The van der Waals surface area contributed by atoms with Gasteiger partial charge in [-0.1, -0.05) is 78.2 Å². The summed E-state index contributed by atoms with van der Waals surface area (Å²) in [5.74, 6) is -0.624. The van der Waals surface area contributed by atoms with Crippen molar-refractivity contribution in [1.82, 2.24) is 15.5 Å². The van der Waals surface area contributed by atoms with Crippen LogP contribution in [0.3, 0.4) is 0 Å². The van der Waals surface area contributed by atoms with E-state index in [0.29, 0.717) is 17.7 Å². The van der Waals surface area contributed by atoms with E-state index in [-0.39, 0.29) is 29.5 Å². The highest BCUT2D eigenvalue weighted by molar-refractivity contribution is 5.92. The van der Waals surface area contributed by atoms with E-state index >= 15 is 0 Å². The van der Waals surface area contributed by atoms with E-state index in [1.165, 1.54) is 12.8 Å². The number of hydrogen-bond acceptors (Lipinski definition) is 5. The van der Waals surface area contributed by atoms with E-state index in [9.17, 15) is 19.5 Å². The smallest absolute Gasteiger partial charge is 0.408 e. The van der Waals surface area contributed by atoms with Gasteiger partial charge in [0.1, 0.15) is 23.4 Å². The maximum atomic E-state index is 14.3. The molecule has 0 aromatic heterocycles. The van der Waals surface area contributed by atoms with Crippen molar-refractivity contribution in [2.24, 2.45) is 5.92 Å². The molecular formula is C33H55N3O5. The summed E-state index contributed by atoms with van der Waals surface area (Å²) in [6.45, 7) is 13.4. The van der Waals surface area contributed by atoms with Crippen LogP contribution in [0.4, 0.5) is 4.79 Å². The molecule has 1 fully saturated rings. The fourth-order valence-electron chi connectivity index (χ4n) is 5.40. The molecule has 232 valence electrons. The third-order valence-electron chi connectivity index (χ3n) is 7.69. The summed E-state index contributed by atoms with van der Waals surface area (Å²) in [4.78, 5) is 42.8. The largest absolute Gasteiger partial charge is 0.508 e. The molecule has 8 nitrogen and oxygen atoms in total. The first kappa shape index (κ1) is 34.4. The molecule has 2 rings (SSSR count). The molecule has 2 atom stereocenters. The molecular weight excluding hydrogens is 518 g/mol. The topological polar surface area (TPSA) is 108 Å². The highest BCUT2D eigenvalue weighted by atomic mass is 16.6. The average molecular weight is 574 g/mol. The SMILES string of the molecule is CCCCCCCCN(C(=O)C(NC(=O)OC(C)(C)C)C(C)C)C(C(=O)NC1CCCCC1)c1ccc(O)c(C)c1. The molecule has 3 amide bonds. The number of aryl methyl sites for hydroxylation is 1. The number of unbranched alkanes of at least 4 members (excludes halogenated alkanes) is 5. The van der Waals surface area contributed by atoms with Crippen LogP contribution >= 0.6 is 0 Å². The fourth-order valence-corrected chi connectivity index (χ4v) is 5.40. The van der Waals surface area contributed by atoms with Crippen molar-refractivity contribution in [2.75, 3.05) is 6.54 Å². The average Bonchev–Trinajstić information content (AvgIpc) is 2.89. The second-order valence-electron chi connectivity index (χ2n) is 13.0. The van der Waals surface area contributed by atoms with Crippen LogP contribution in [0.2, 0.25) is 0 Å². The van der Waals surface area contributed by atoms with Crippen molar-refractivity contribution in [1.29, 1.82) is 0 Å². The van der Waals surface area contributed by atoms with E-state index < -0.39 is 23.8 Å². The van der Waals surface area contributed by atoms with Gasteiger partial charge in [-0.2, -0.15) is 0 Å². The van der Waals surface area contributed by atoms with E-state index in [1.54, 1.807) is 50.8 Å². The second-order valence-corrected chi connectivity index (χ2v) is 13.0. The first-order chi connectivity index (χ1) is 19.3. The number of phenols is 1. The Hall–Kier alpha value is -2.77. The summed E-state index contributed by atoms with van der Waals surface area (Å²) < 4.78 is 5.48. The Labute approximate surface area is 248 Å². The van der Waals surface area contributed by atoms with Crippen LogP contribution in [-0.2, 0) is 14.3 Å². The van der Waals surface area contributed by atoms with Crippen LogP contribution in [0.5, 0.6) is 5.75 Å². The van der Waals surface area contributed by atoms with Gasteiger partial charge in [0, 0.05) is 12.6 Å². The lowest BCUT2D eigenvalue weighted by atomic mass is 9.93. The molecule has 0 spiro atoms. The molecule has 1 aliphatic rings. The third-order valence-corrected chi connectivity index (χ3v) is 7.69. The minimum atomic E-state index is -0.888. The van der Waals surface area contributed by atoms with E-state index in [1.807, 2.05) is 13.8 Å². The van der Waals surface area contributed by atoms with Gasteiger partial charge in [0.2, 0.25) is 11.8 Å². The maximum absolute atomic E-state index is 14.3. The van der Waals surface area contributed by atoms with Gasteiger partial charge in [-0.25, -0.2) is 4.79 Å². The predicted molar refractivity (Wildman–Crippen MR) is 164 cm³/mol. The summed E-state index contributed by atoms with van der Waals surface area (Å²) in [5, 5.41) is 16.3. The Kier molecular flexibility index (Phi) is 14.0. The zero-order chi connectivity index (χ0) is 30.6. The Morgan fingerprint density at radius 1 is 1.02 bits per heavy atom. The van der Waals surface area contributed by atoms with E-state index in [2.05, 4.69) is 17.6 Å². The molecule has 0 radical (unpaired) electrons. The molecule has 8 heteroatoms. The van der Waals surface area contributed by atoms with Crippen LogP contribution in [-0.4, -0.2) is 52.1 Å². The zero-order valence-electron chi connectivity index (χ0n) is 26.6. The van der Waals surface area contributed by atoms with Crippen molar-refractivity contribution < 1.29 is 24.2 Å². The van der Waals surface area contributed by atoms with Gasteiger partial charge in [-0.3, -0.25) is 9.59 Å². The summed E-state index contributed by atoms with van der Waals surface area (Å²) in [6, 6.07) is 3.41. The number of alkyl carbamates (subject to hydrolysis) is 1.